The molecule has 0 unspecified atom stereocenters. The number of nitrogens with zero attached hydrogens (tertiary/aromatic N) is 1. The van der Waals surface area contributed by atoms with Crippen LogP contribution in [0.5, 0.6) is 0 Å². The fourth-order valence-electron chi connectivity index (χ4n) is 2.70. The van der Waals surface area contributed by atoms with Gasteiger partial charge in [-0.2, -0.15) is 11.8 Å². The molecule has 2 nitrogen and oxygen atoms in total. The molecule has 1 saturated carbocycles. The van der Waals surface area contributed by atoms with Crippen molar-refractivity contribution in [3.8, 4) is 0 Å². The van der Waals surface area contributed by atoms with E-state index in [0.717, 1.165) is 25.1 Å². The summed E-state index contributed by atoms with van der Waals surface area (Å²) in [6, 6.07) is 0.496. The minimum absolute atomic E-state index is 0.308. The van der Waals surface area contributed by atoms with Crippen molar-refractivity contribution in [2.24, 2.45) is 5.92 Å². The molecule has 2 rings (SSSR count). The Morgan fingerprint density at radius 2 is 1.89 bits per heavy atom. The van der Waals surface area contributed by atoms with Crippen molar-refractivity contribution in [2.45, 2.75) is 70.1 Å². The summed E-state index contributed by atoms with van der Waals surface area (Å²) in [6.07, 6.45) is 7.23. The topological polar surface area (TPSA) is 20.3 Å². The molecular weight excluding hydrogens is 242 g/mol. The predicted molar refractivity (Wildman–Crippen MR) is 78.9 cm³/mol. The Balaban J connectivity index is 1.90. The average Bonchev–Trinajstić information content (AvgIpc) is 2.23. The molecule has 1 heterocycles. The smallest absolute Gasteiger partial charge is 0.225 e. The number of thioether (sulfide) groups is 1. The third kappa shape index (κ3) is 3.66. The fourth-order valence-corrected chi connectivity index (χ4v) is 3.74. The van der Waals surface area contributed by atoms with E-state index in [9.17, 15) is 4.79 Å². The van der Waals surface area contributed by atoms with Crippen LogP contribution in [0.2, 0.25) is 0 Å². The van der Waals surface area contributed by atoms with Crippen molar-refractivity contribution < 1.29 is 4.79 Å². The summed E-state index contributed by atoms with van der Waals surface area (Å²) in [5.41, 5.74) is 0. The average molecular weight is 269 g/mol. The molecule has 0 spiro atoms. The summed E-state index contributed by atoms with van der Waals surface area (Å²) in [4.78, 5) is 14.6. The highest BCUT2D eigenvalue weighted by molar-refractivity contribution is 8.00. The molecule has 1 amide bonds. The number of hydrogen-bond acceptors (Lipinski definition) is 2. The second-order valence-electron chi connectivity index (χ2n) is 6.73. The second kappa shape index (κ2) is 5.85. The fraction of sp³-hybridized carbons (Fsp3) is 0.933. The lowest BCUT2D eigenvalue weighted by molar-refractivity contribution is -0.141. The zero-order valence-electron chi connectivity index (χ0n) is 12.1. The van der Waals surface area contributed by atoms with Gasteiger partial charge in [0.1, 0.15) is 0 Å². The highest BCUT2D eigenvalue weighted by atomic mass is 32.2. The maximum atomic E-state index is 12.4. The molecule has 0 aromatic carbocycles. The van der Waals surface area contributed by atoms with Gasteiger partial charge in [-0.25, -0.2) is 0 Å². The number of amides is 1. The van der Waals surface area contributed by atoms with E-state index in [4.69, 9.17) is 0 Å². The molecule has 1 saturated heterocycles. The van der Waals surface area contributed by atoms with E-state index >= 15 is 0 Å². The molecular formula is C15H27NOS. The Bertz CT molecular complexity index is 293. The minimum atomic E-state index is 0.308. The van der Waals surface area contributed by atoms with Crippen LogP contribution in [0, 0.1) is 5.92 Å². The third-order valence-electron chi connectivity index (χ3n) is 4.07. The highest BCUT2D eigenvalue weighted by Gasteiger charge is 2.34. The number of rotatable bonds is 3. The lowest BCUT2D eigenvalue weighted by Gasteiger charge is -2.40. The van der Waals surface area contributed by atoms with E-state index in [1.165, 1.54) is 25.7 Å². The van der Waals surface area contributed by atoms with Gasteiger partial charge in [0.25, 0.3) is 0 Å². The van der Waals surface area contributed by atoms with Crippen LogP contribution < -0.4 is 0 Å². The largest absolute Gasteiger partial charge is 0.339 e. The standard InChI is InChI=1S/C15H27NOS/c1-15(2,3)18-11-13-9-4-5-10-16(13)14(17)12-7-6-8-12/h12-13H,4-11H2,1-3H3/t13-/m0/s1. The molecule has 0 N–H and O–H groups in total. The van der Waals surface area contributed by atoms with Crippen LogP contribution in [0.15, 0.2) is 0 Å². The van der Waals surface area contributed by atoms with Crippen LogP contribution in [0.25, 0.3) is 0 Å². The van der Waals surface area contributed by atoms with Gasteiger partial charge in [0, 0.05) is 29.0 Å². The number of carbonyl (C=O) groups is 1. The number of piperidine rings is 1. The molecule has 2 aliphatic rings. The second-order valence-corrected chi connectivity index (χ2v) is 8.58. The number of hydrogen-bond donors (Lipinski definition) is 0. The molecule has 104 valence electrons. The Morgan fingerprint density at radius 3 is 2.44 bits per heavy atom. The lowest BCUT2D eigenvalue weighted by Crippen LogP contribution is -2.49. The maximum absolute atomic E-state index is 12.4. The van der Waals surface area contributed by atoms with E-state index in [0.29, 0.717) is 22.6 Å². The first kappa shape index (κ1) is 14.2. The van der Waals surface area contributed by atoms with E-state index in [-0.39, 0.29) is 0 Å². The Hall–Kier alpha value is -0.180. The van der Waals surface area contributed by atoms with Gasteiger partial charge < -0.3 is 4.90 Å². The zero-order valence-corrected chi connectivity index (χ0v) is 12.9. The first-order valence-corrected chi connectivity index (χ1v) is 8.40. The van der Waals surface area contributed by atoms with Crippen LogP contribution in [-0.4, -0.2) is 33.9 Å². The van der Waals surface area contributed by atoms with Crippen LogP contribution in [-0.2, 0) is 4.79 Å². The molecule has 0 radical (unpaired) electrons. The van der Waals surface area contributed by atoms with E-state index in [2.05, 4.69) is 25.7 Å². The van der Waals surface area contributed by atoms with E-state index in [1.807, 2.05) is 11.8 Å². The Morgan fingerprint density at radius 1 is 1.17 bits per heavy atom. The van der Waals surface area contributed by atoms with Gasteiger partial charge in [-0.05, 0) is 32.1 Å². The Labute approximate surface area is 116 Å². The van der Waals surface area contributed by atoms with Gasteiger partial charge in [-0.3, -0.25) is 4.79 Å². The quantitative estimate of drug-likeness (QED) is 0.778. The first-order valence-electron chi connectivity index (χ1n) is 7.42. The van der Waals surface area contributed by atoms with Crippen LogP contribution >= 0.6 is 11.8 Å². The van der Waals surface area contributed by atoms with Crippen molar-refractivity contribution >= 4 is 17.7 Å². The van der Waals surface area contributed by atoms with E-state index in [1.54, 1.807) is 0 Å². The lowest BCUT2D eigenvalue weighted by atomic mass is 9.83. The third-order valence-corrected chi connectivity index (χ3v) is 5.49. The first-order chi connectivity index (χ1) is 8.47. The van der Waals surface area contributed by atoms with Gasteiger partial charge in [0.05, 0.1) is 0 Å². The number of likely N-dealkylation sites (tertiary alicyclic amines) is 1. The molecule has 1 aliphatic heterocycles. The summed E-state index contributed by atoms with van der Waals surface area (Å²) in [5.74, 6) is 1.94. The van der Waals surface area contributed by atoms with Gasteiger partial charge in [0.15, 0.2) is 0 Å². The van der Waals surface area contributed by atoms with E-state index < -0.39 is 0 Å². The number of carbonyl (C=O) groups excluding carboxylic acids is 1. The van der Waals surface area contributed by atoms with Gasteiger partial charge in [-0.1, -0.05) is 27.2 Å². The van der Waals surface area contributed by atoms with Gasteiger partial charge in [0.2, 0.25) is 5.91 Å². The predicted octanol–water partition coefficient (Wildman–Crippen LogP) is 3.70. The van der Waals surface area contributed by atoms with Crippen LogP contribution in [0.1, 0.15) is 59.3 Å². The summed E-state index contributed by atoms with van der Waals surface area (Å²) >= 11 is 2.00. The van der Waals surface area contributed by atoms with Crippen LogP contribution in [0.3, 0.4) is 0 Å². The molecule has 18 heavy (non-hydrogen) atoms. The van der Waals surface area contributed by atoms with Crippen molar-refractivity contribution in [3.63, 3.8) is 0 Å². The van der Waals surface area contributed by atoms with Crippen molar-refractivity contribution in [3.05, 3.63) is 0 Å². The minimum Gasteiger partial charge on any atom is -0.339 e. The zero-order chi connectivity index (χ0) is 13.2. The van der Waals surface area contributed by atoms with Gasteiger partial charge >= 0.3 is 0 Å². The summed E-state index contributed by atoms with van der Waals surface area (Å²) < 4.78 is 0.308. The molecule has 0 bridgehead atoms. The maximum Gasteiger partial charge on any atom is 0.225 e. The molecule has 3 heteroatoms. The summed E-state index contributed by atoms with van der Waals surface area (Å²) in [5, 5.41) is 0. The summed E-state index contributed by atoms with van der Waals surface area (Å²) in [6.45, 7) is 7.79. The molecule has 1 aliphatic carbocycles. The molecule has 2 fully saturated rings. The van der Waals surface area contributed by atoms with Crippen LogP contribution in [0.4, 0.5) is 0 Å². The molecule has 0 aromatic rings. The SMILES string of the molecule is CC(C)(C)SC[C@@H]1CCCCN1C(=O)C1CCC1. The monoisotopic (exact) mass is 269 g/mol. The normalized spacial score (nSPS) is 25.9. The summed E-state index contributed by atoms with van der Waals surface area (Å²) in [7, 11) is 0. The molecule has 1 atom stereocenters. The van der Waals surface area contributed by atoms with Crippen molar-refractivity contribution in [1.29, 1.82) is 0 Å². The van der Waals surface area contributed by atoms with Gasteiger partial charge in [-0.15, -0.1) is 0 Å². The van der Waals surface area contributed by atoms with Crippen molar-refractivity contribution in [2.75, 3.05) is 12.3 Å². The highest BCUT2D eigenvalue weighted by Crippen LogP contribution is 2.33. The Kier molecular flexibility index (Phi) is 4.63. The van der Waals surface area contributed by atoms with Crippen molar-refractivity contribution in [1.82, 2.24) is 4.90 Å². The molecule has 0 aromatic heterocycles.